The number of hydrogen-bond acceptors (Lipinski definition) is 4. The van der Waals surface area contributed by atoms with E-state index in [2.05, 4.69) is 17.5 Å². The van der Waals surface area contributed by atoms with E-state index in [0.717, 1.165) is 0 Å². The largest absolute Gasteiger partial charge is 0.497 e. The van der Waals surface area contributed by atoms with Crippen molar-refractivity contribution in [3.05, 3.63) is 18.2 Å². The average molecular weight is 254 g/mol. The van der Waals surface area contributed by atoms with E-state index in [1.165, 1.54) is 7.11 Å². The fourth-order valence-corrected chi connectivity index (χ4v) is 1.39. The second kappa shape index (κ2) is 6.05. The Balaban J connectivity index is 2.83. The van der Waals surface area contributed by atoms with Crippen molar-refractivity contribution >= 4 is 28.8 Å². The van der Waals surface area contributed by atoms with Crippen LogP contribution in [0.25, 0.3) is 0 Å². The molecule has 5 nitrogen and oxygen atoms in total. The summed E-state index contributed by atoms with van der Waals surface area (Å²) in [5.74, 6) is 0.885. The average Bonchev–Trinajstić information content (AvgIpc) is 2.28. The van der Waals surface area contributed by atoms with Gasteiger partial charge in [-0.25, -0.2) is 0 Å². The molecule has 0 spiro atoms. The Morgan fingerprint density at radius 1 is 1.41 bits per heavy atom. The van der Waals surface area contributed by atoms with Crippen LogP contribution in [-0.2, 0) is 4.79 Å². The summed E-state index contributed by atoms with van der Waals surface area (Å²) in [7, 11) is 3.07. The first kappa shape index (κ1) is 13.2. The molecule has 92 valence electrons. The van der Waals surface area contributed by atoms with Crippen molar-refractivity contribution in [1.29, 1.82) is 0 Å². The van der Waals surface area contributed by atoms with Gasteiger partial charge in [0.15, 0.2) is 0 Å². The molecule has 0 radical (unpaired) electrons. The number of nitrogens with one attached hydrogen (secondary N) is 1. The zero-order chi connectivity index (χ0) is 12.8. The lowest BCUT2D eigenvalue weighted by Crippen LogP contribution is -2.20. The van der Waals surface area contributed by atoms with Crippen LogP contribution in [0.4, 0.5) is 5.69 Å². The van der Waals surface area contributed by atoms with Gasteiger partial charge in [0, 0.05) is 6.07 Å². The number of methoxy groups -OCH3 is 2. The summed E-state index contributed by atoms with van der Waals surface area (Å²) in [6, 6.07) is 5.09. The standard InChI is InChI=1S/C11H14N2O3S/c1-15-7-3-4-8(9(5-7)16-2)13-11(14)6-10(12)17/h3-5H,6H2,1-2H3,(H2,12,17)(H,13,14). The van der Waals surface area contributed by atoms with Crippen LogP contribution in [0.3, 0.4) is 0 Å². The predicted octanol–water partition coefficient (Wildman–Crippen LogP) is 1.32. The Bertz CT molecular complexity index is 435. The summed E-state index contributed by atoms with van der Waals surface area (Å²) < 4.78 is 10.2. The molecule has 1 amide bonds. The lowest BCUT2D eigenvalue weighted by molar-refractivity contribution is -0.115. The molecule has 1 rings (SSSR count). The van der Waals surface area contributed by atoms with E-state index in [9.17, 15) is 4.79 Å². The van der Waals surface area contributed by atoms with Crippen molar-refractivity contribution in [2.75, 3.05) is 19.5 Å². The van der Waals surface area contributed by atoms with E-state index in [-0.39, 0.29) is 17.3 Å². The number of benzene rings is 1. The summed E-state index contributed by atoms with van der Waals surface area (Å²) in [6.45, 7) is 0. The number of carbonyl (C=O) groups is 1. The molecule has 0 aromatic heterocycles. The van der Waals surface area contributed by atoms with Gasteiger partial charge >= 0.3 is 0 Å². The number of carbonyl (C=O) groups excluding carboxylic acids is 1. The number of ether oxygens (including phenoxy) is 2. The maximum Gasteiger partial charge on any atom is 0.231 e. The van der Waals surface area contributed by atoms with Gasteiger partial charge in [-0.1, -0.05) is 12.2 Å². The SMILES string of the molecule is COc1ccc(NC(=O)CC(N)=S)c(OC)c1. The maximum absolute atomic E-state index is 11.5. The minimum atomic E-state index is -0.277. The molecule has 0 aliphatic carbocycles. The highest BCUT2D eigenvalue weighted by atomic mass is 32.1. The van der Waals surface area contributed by atoms with Crippen molar-refractivity contribution in [3.8, 4) is 11.5 Å². The van der Waals surface area contributed by atoms with Gasteiger partial charge in [0.05, 0.1) is 31.3 Å². The number of hydrogen-bond donors (Lipinski definition) is 2. The molecule has 0 fully saturated rings. The van der Waals surface area contributed by atoms with Gasteiger partial charge in [-0.15, -0.1) is 0 Å². The van der Waals surface area contributed by atoms with E-state index in [0.29, 0.717) is 17.2 Å². The van der Waals surface area contributed by atoms with Crippen molar-refractivity contribution in [3.63, 3.8) is 0 Å². The lowest BCUT2D eigenvalue weighted by Gasteiger charge is -2.11. The molecule has 1 aromatic rings. The van der Waals surface area contributed by atoms with Crippen LogP contribution in [-0.4, -0.2) is 25.1 Å². The second-order valence-corrected chi connectivity index (χ2v) is 3.78. The van der Waals surface area contributed by atoms with E-state index in [1.807, 2.05) is 0 Å². The normalized spacial score (nSPS) is 9.53. The van der Waals surface area contributed by atoms with Crippen molar-refractivity contribution in [2.24, 2.45) is 5.73 Å². The van der Waals surface area contributed by atoms with E-state index < -0.39 is 0 Å². The fourth-order valence-electron chi connectivity index (χ4n) is 1.25. The number of amides is 1. The Kier molecular flexibility index (Phi) is 4.71. The van der Waals surface area contributed by atoms with Gasteiger partial charge in [0.2, 0.25) is 5.91 Å². The molecule has 17 heavy (non-hydrogen) atoms. The molecular formula is C11H14N2O3S. The third-order valence-electron chi connectivity index (χ3n) is 2.02. The summed E-state index contributed by atoms with van der Waals surface area (Å²) in [6.07, 6.45) is 0.00448. The zero-order valence-electron chi connectivity index (χ0n) is 9.65. The van der Waals surface area contributed by atoms with E-state index >= 15 is 0 Å². The van der Waals surface area contributed by atoms with Crippen LogP contribution in [0.15, 0.2) is 18.2 Å². The van der Waals surface area contributed by atoms with Crippen molar-refractivity contribution < 1.29 is 14.3 Å². The second-order valence-electron chi connectivity index (χ2n) is 3.26. The zero-order valence-corrected chi connectivity index (χ0v) is 10.5. The molecule has 1 aromatic carbocycles. The quantitative estimate of drug-likeness (QED) is 0.775. The van der Waals surface area contributed by atoms with Crippen molar-refractivity contribution in [1.82, 2.24) is 0 Å². The number of anilines is 1. The van der Waals surface area contributed by atoms with Gasteiger partial charge in [-0.3, -0.25) is 4.79 Å². The summed E-state index contributed by atoms with van der Waals surface area (Å²) >= 11 is 4.65. The molecule has 0 unspecified atom stereocenters. The van der Waals surface area contributed by atoms with Crippen molar-refractivity contribution in [2.45, 2.75) is 6.42 Å². The minimum absolute atomic E-state index is 0.00448. The van der Waals surface area contributed by atoms with Gasteiger partial charge < -0.3 is 20.5 Å². The van der Waals surface area contributed by atoms with Crippen LogP contribution in [0, 0.1) is 0 Å². The Labute approximate surface area is 105 Å². The first-order valence-corrected chi connectivity index (χ1v) is 5.28. The Morgan fingerprint density at radius 2 is 2.12 bits per heavy atom. The van der Waals surface area contributed by atoms with Gasteiger partial charge in [-0.2, -0.15) is 0 Å². The maximum atomic E-state index is 11.5. The summed E-state index contributed by atoms with van der Waals surface area (Å²) in [4.78, 5) is 11.6. The number of rotatable bonds is 5. The van der Waals surface area contributed by atoms with Gasteiger partial charge in [0.1, 0.15) is 11.5 Å². The first-order valence-electron chi connectivity index (χ1n) is 4.87. The van der Waals surface area contributed by atoms with Crippen LogP contribution >= 0.6 is 12.2 Å². The van der Waals surface area contributed by atoms with Crippen LogP contribution < -0.4 is 20.5 Å². The highest BCUT2D eigenvalue weighted by Crippen LogP contribution is 2.28. The summed E-state index contributed by atoms with van der Waals surface area (Å²) in [5.41, 5.74) is 5.83. The first-order chi connectivity index (χ1) is 8.06. The third-order valence-corrected chi connectivity index (χ3v) is 2.16. The monoisotopic (exact) mass is 254 g/mol. The molecule has 0 saturated heterocycles. The molecule has 0 aliphatic heterocycles. The Morgan fingerprint density at radius 3 is 2.65 bits per heavy atom. The molecule has 0 saturated carbocycles. The smallest absolute Gasteiger partial charge is 0.231 e. The molecule has 0 heterocycles. The number of nitrogens with two attached hydrogens (primary N) is 1. The molecule has 3 N–H and O–H groups in total. The van der Waals surface area contributed by atoms with Gasteiger partial charge in [-0.05, 0) is 12.1 Å². The summed E-state index contributed by atoms with van der Waals surface area (Å²) in [5, 5.41) is 2.66. The fraction of sp³-hybridized carbons (Fsp3) is 0.273. The van der Waals surface area contributed by atoms with Crippen LogP contribution in [0.5, 0.6) is 11.5 Å². The molecule has 0 bridgehead atoms. The lowest BCUT2D eigenvalue weighted by atomic mass is 10.2. The minimum Gasteiger partial charge on any atom is -0.497 e. The number of thiocarbonyl (C=S) groups is 1. The molecule has 0 atom stereocenters. The molecule has 0 aliphatic rings. The van der Waals surface area contributed by atoms with E-state index in [1.54, 1.807) is 25.3 Å². The third kappa shape index (κ3) is 3.92. The van der Waals surface area contributed by atoms with Crippen LogP contribution in [0.1, 0.15) is 6.42 Å². The highest BCUT2D eigenvalue weighted by molar-refractivity contribution is 7.80. The van der Waals surface area contributed by atoms with E-state index in [4.69, 9.17) is 15.2 Å². The predicted molar refractivity (Wildman–Crippen MR) is 69.6 cm³/mol. The van der Waals surface area contributed by atoms with Gasteiger partial charge in [0.25, 0.3) is 0 Å². The highest BCUT2D eigenvalue weighted by Gasteiger charge is 2.09. The topological polar surface area (TPSA) is 73.6 Å². The van der Waals surface area contributed by atoms with Crippen LogP contribution in [0.2, 0.25) is 0 Å². The Hall–Kier alpha value is -1.82. The molecule has 6 heteroatoms. The molecular weight excluding hydrogens is 240 g/mol.